The number of nitrogens with one attached hydrogen (secondary N) is 2. The Morgan fingerprint density at radius 1 is 1.67 bits per heavy atom. The van der Waals surface area contributed by atoms with Crippen LogP contribution in [-0.4, -0.2) is 16.4 Å². The summed E-state index contributed by atoms with van der Waals surface area (Å²) in [6.07, 6.45) is -1.32. The first-order valence-corrected chi connectivity index (χ1v) is 1.15. The number of hydrogen-bond acceptors (Lipinski definition) is 3. The van der Waals surface area contributed by atoms with Crippen LogP contribution in [0.3, 0.4) is 0 Å². The third kappa shape index (κ3) is 3.19. The molecule has 5 nitrogen and oxygen atoms in total. The largest absolute Gasteiger partial charge is 0.464 e. The van der Waals surface area contributed by atoms with Gasteiger partial charge in [0.2, 0.25) is 0 Å². The molecule has 0 aliphatic heterocycles. The first kappa shape index (κ1) is 5.19. The fraction of sp³-hybridized carbons (Fsp3) is 0. The van der Waals surface area contributed by atoms with Crippen molar-refractivity contribution in [1.82, 2.24) is 11.0 Å². The van der Waals surface area contributed by atoms with Crippen LogP contribution in [0.5, 0.6) is 0 Å². The molecule has 0 radical (unpaired) electrons. The lowest BCUT2D eigenvalue weighted by molar-refractivity contribution is 0.108. The van der Waals surface area contributed by atoms with Gasteiger partial charge in [-0.1, -0.05) is 0 Å². The second-order valence-electron chi connectivity index (χ2n) is 0.542. The van der Waals surface area contributed by atoms with Crippen LogP contribution in [0.1, 0.15) is 0 Å². The van der Waals surface area contributed by atoms with Crippen molar-refractivity contribution >= 4 is 6.09 Å². The van der Waals surface area contributed by atoms with Crippen molar-refractivity contribution in [2.24, 2.45) is 0 Å². The Kier molecular flexibility index (Phi) is 2.10. The second-order valence-corrected chi connectivity index (χ2v) is 0.542. The summed E-state index contributed by atoms with van der Waals surface area (Å²) < 4.78 is 0. The van der Waals surface area contributed by atoms with Gasteiger partial charge in [-0.3, -0.25) is 5.21 Å². The van der Waals surface area contributed by atoms with Crippen LogP contribution in [0.25, 0.3) is 0 Å². The zero-order valence-corrected chi connectivity index (χ0v) is 2.80. The molecule has 0 atom stereocenters. The van der Waals surface area contributed by atoms with Crippen LogP contribution < -0.4 is 11.0 Å². The van der Waals surface area contributed by atoms with E-state index in [1.54, 1.807) is 0 Å². The van der Waals surface area contributed by atoms with E-state index >= 15 is 0 Å². The quantitative estimate of drug-likeness (QED) is 0.317. The fourth-order valence-corrected chi connectivity index (χ4v) is 0.0478. The Bertz CT molecular complexity index is 52.8. The molecule has 0 rings (SSSR count). The summed E-state index contributed by atoms with van der Waals surface area (Å²) in [5.74, 6) is 0. The maximum Gasteiger partial charge on any atom is 0.420 e. The van der Waals surface area contributed by atoms with Gasteiger partial charge in [0.15, 0.2) is 0 Å². The summed E-state index contributed by atoms with van der Waals surface area (Å²) in [5, 5.41) is 15.1. The molecule has 0 fully saturated rings. The lowest BCUT2D eigenvalue weighted by Crippen LogP contribution is -2.32. The lowest BCUT2D eigenvalue weighted by Gasteiger charge is -1.88. The summed E-state index contributed by atoms with van der Waals surface area (Å²) >= 11 is 0. The molecule has 0 aromatic rings. The molecule has 0 heterocycles. The zero-order valence-electron chi connectivity index (χ0n) is 2.80. The second kappa shape index (κ2) is 2.43. The average Bonchev–Trinajstić information content (AvgIpc) is 1.35. The van der Waals surface area contributed by atoms with E-state index in [0.717, 1.165) is 0 Å². The maximum atomic E-state index is 9.27. The van der Waals surface area contributed by atoms with Crippen molar-refractivity contribution < 1.29 is 15.1 Å². The summed E-state index contributed by atoms with van der Waals surface area (Å²) in [7, 11) is 0. The summed E-state index contributed by atoms with van der Waals surface area (Å²) in [4.78, 5) is 9.27. The van der Waals surface area contributed by atoms with Gasteiger partial charge < -0.3 is 5.11 Å². The van der Waals surface area contributed by atoms with Gasteiger partial charge in [-0.05, 0) is 0 Å². The molecule has 0 aliphatic rings. The van der Waals surface area contributed by atoms with E-state index in [0.29, 0.717) is 0 Å². The van der Waals surface area contributed by atoms with Gasteiger partial charge in [-0.15, -0.1) is 5.59 Å². The SMILES string of the molecule is O=C(O)NNO. The molecule has 0 bridgehead atoms. The number of carboxylic acid groups (broad SMARTS) is 1. The van der Waals surface area contributed by atoms with Crippen molar-refractivity contribution in [3.05, 3.63) is 0 Å². The third-order valence-corrected chi connectivity index (χ3v) is 0.163. The summed E-state index contributed by atoms with van der Waals surface area (Å²) in [6, 6.07) is 0. The highest BCUT2D eigenvalue weighted by Crippen LogP contribution is 1.46. The van der Waals surface area contributed by atoms with Crippen molar-refractivity contribution in [2.75, 3.05) is 0 Å². The van der Waals surface area contributed by atoms with Crippen LogP contribution in [-0.2, 0) is 0 Å². The Morgan fingerprint density at radius 2 is 2.17 bits per heavy atom. The standard InChI is InChI=1S/CH4N2O3/c4-1(5)2-3-6/h2-3,6H,(H,4,5). The normalized spacial score (nSPS) is 7.50. The van der Waals surface area contributed by atoms with E-state index < -0.39 is 6.09 Å². The van der Waals surface area contributed by atoms with Gasteiger partial charge in [0.05, 0.1) is 0 Å². The minimum absolute atomic E-state index is 1.22. The van der Waals surface area contributed by atoms with Crippen LogP contribution in [0.4, 0.5) is 4.79 Å². The first-order valence-electron chi connectivity index (χ1n) is 1.15. The molecule has 0 unspecified atom stereocenters. The maximum absolute atomic E-state index is 9.27. The van der Waals surface area contributed by atoms with Crippen LogP contribution in [0.2, 0.25) is 0 Å². The highest BCUT2D eigenvalue weighted by atomic mass is 16.5. The van der Waals surface area contributed by atoms with E-state index in [1.165, 1.54) is 11.0 Å². The molecule has 36 valence electrons. The third-order valence-electron chi connectivity index (χ3n) is 0.163. The molecule has 0 aliphatic carbocycles. The van der Waals surface area contributed by atoms with E-state index in [1.807, 2.05) is 0 Å². The smallest absolute Gasteiger partial charge is 0.420 e. The van der Waals surface area contributed by atoms with Crippen LogP contribution in [0, 0.1) is 0 Å². The average molecular weight is 92.1 g/mol. The van der Waals surface area contributed by atoms with Gasteiger partial charge in [0.1, 0.15) is 0 Å². The fourth-order valence-electron chi connectivity index (χ4n) is 0.0478. The Balaban J connectivity index is 2.83. The minimum Gasteiger partial charge on any atom is -0.464 e. The van der Waals surface area contributed by atoms with E-state index in [4.69, 9.17) is 10.3 Å². The number of rotatable bonds is 1. The van der Waals surface area contributed by atoms with Gasteiger partial charge in [0.25, 0.3) is 0 Å². The van der Waals surface area contributed by atoms with Gasteiger partial charge >= 0.3 is 6.09 Å². The lowest BCUT2D eigenvalue weighted by atomic mass is 11.3. The highest BCUT2D eigenvalue weighted by Gasteiger charge is 1.83. The summed E-state index contributed by atoms with van der Waals surface area (Å²) in [5.41, 5.74) is 2.65. The highest BCUT2D eigenvalue weighted by molar-refractivity contribution is 5.63. The molecular weight excluding hydrogens is 88.0 g/mol. The molecule has 1 amide bonds. The van der Waals surface area contributed by atoms with E-state index in [9.17, 15) is 4.79 Å². The molecule has 0 spiro atoms. The van der Waals surface area contributed by atoms with Crippen molar-refractivity contribution in [3.63, 3.8) is 0 Å². The Morgan fingerprint density at radius 3 is 2.17 bits per heavy atom. The molecule has 6 heavy (non-hydrogen) atoms. The van der Waals surface area contributed by atoms with Crippen molar-refractivity contribution in [1.29, 1.82) is 0 Å². The van der Waals surface area contributed by atoms with E-state index in [2.05, 4.69) is 0 Å². The molecule has 4 N–H and O–H groups in total. The predicted molar refractivity (Wildman–Crippen MR) is 16.1 cm³/mol. The first-order chi connectivity index (χ1) is 2.77. The van der Waals surface area contributed by atoms with E-state index in [-0.39, 0.29) is 0 Å². The van der Waals surface area contributed by atoms with Crippen LogP contribution in [0.15, 0.2) is 0 Å². The topological polar surface area (TPSA) is 81.6 Å². The molecule has 0 saturated carbocycles. The minimum atomic E-state index is -1.32. The van der Waals surface area contributed by atoms with Gasteiger partial charge in [-0.2, -0.15) is 0 Å². The number of amides is 1. The Hall–Kier alpha value is -0.810. The van der Waals surface area contributed by atoms with Gasteiger partial charge in [-0.25, -0.2) is 10.2 Å². The number of hydrazine groups is 1. The summed E-state index contributed by atoms with van der Waals surface area (Å²) in [6.45, 7) is 0. The van der Waals surface area contributed by atoms with Gasteiger partial charge in [0, 0.05) is 0 Å². The number of carbonyl (C=O) groups is 1. The molecule has 0 aromatic carbocycles. The molecule has 0 aromatic heterocycles. The Labute approximate surface area is 33.5 Å². The van der Waals surface area contributed by atoms with Crippen molar-refractivity contribution in [2.45, 2.75) is 0 Å². The molecular formula is CH4N2O3. The number of hydrogen-bond donors (Lipinski definition) is 4. The predicted octanol–water partition coefficient (Wildman–Crippen LogP) is -0.852. The van der Waals surface area contributed by atoms with Crippen molar-refractivity contribution in [3.8, 4) is 0 Å². The molecule has 5 heteroatoms. The van der Waals surface area contributed by atoms with Crippen LogP contribution >= 0.6 is 0 Å². The monoisotopic (exact) mass is 92.0 g/mol. The molecule has 0 saturated heterocycles. The zero-order chi connectivity index (χ0) is 4.99.